The highest BCUT2D eigenvalue weighted by atomic mass is 16.5. The van der Waals surface area contributed by atoms with E-state index in [2.05, 4.69) is 10.1 Å². The van der Waals surface area contributed by atoms with Crippen LogP contribution in [0.15, 0.2) is 33.5 Å². The lowest BCUT2D eigenvalue weighted by Gasteiger charge is -2.12. The topological polar surface area (TPSA) is 85.6 Å². The minimum atomic E-state index is -0.500. The van der Waals surface area contributed by atoms with E-state index < -0.39 is 17.5 Å². The van der Waals surface area contributed by atoms with Gasteiger partial charge in [-0.15, -0.1) is 0 Å². The predicted molar refractivity (Wildman–Crippen MR) is 84.9 cm³/mol. The summed E-state index contributed by atoms with van der Waals surface area (Å²) in [6.45, 7) is 5.03. The van der Waals surface area contributed by atoms with E-state index in [1.165, 1.54) is 13.2 Å². The second-order valence-corrected chi connectivity index (χ2v) is 5.16. The van der Waals surface area contributed by atoms with Crippen LogP contribution in [0.5, 0.6) is 0 Å². The number of rotatable bonds is 3. The molecular weight excluding hydrogens is 298 g/mol. The molecule has 6 nitrogen and oxygen atoms in total. The normalized spacial score (nSPS) is 10.3. The van der Waals surface area contributed by atoms with Crippen LogP contribution in [0.3, 0.4) is 0 Å². The summed E-state index contributed by atoms with van der Waals surface area (Å²) in [5.41, 5.74) is 1.94. The Kier molecular flexibility index (Phi) is 4.64. The first-order valence-electron chi connectivity index (χ1n) is 6.95. The van der Waals surface area contributed by atoms with Gasteiger partial charge in [-0.25, -0.2) is 9.59 Å². The average Bonchev–Trinajstić information content (AvgIpc) is 2.47. The number of esters is 1. The summed E-state index contributed by atoms with van der Waals surface area (Å²) in [5.74, 6) is -0.651. The molecule has 2 aromatic rings. The smallest absolute Gasteiger partial charge is 0.337 e. The zero-order valence-electron chi connectivity index (χ0n) is 13.4. The van der Waals surface area contributed by atoms with Crippen LogP contribution in [-0.2, 0) is 4.74 Å². The Labute approximate surface area is 133 Å². The number of benzene rings is 1. The van der Waals surface area contributed by atoms with Crippen molar-refractivity contribution in [2.24, 2.45) is 0 Å². The molecular formula is C17H17NO5. The summed E-state index contributed by atoms with van der Waals surface area (Å²) in [6, 6.07) is 6.14. The molecule has 0 unspecified atom stereocenters. The highest BCUT2D eigenvalue weighted by molar-refractivity contribution is 6.06. The minimum absolute atomic E-state index is 0.245. The Morgan fingerprint density at radius 1 is 1.09 bits per heavy atom. The minimum Gasteiger partial charge on any atom is -0.465 e. The quantitative estimate of drug-likeness (QED) is 0.880. The number of methoxy groups -OCH3 is 1. The van der Waals surface area contributed by atoms with E-state index in [-0.39, 0.29) is 5.76 Å². The van der Waals surface area contributed by atoms with Crippen LogP contribution in [0.25, 0.3) is 0 Å². The van der Waals surface area contributed by atoms with Gasteiger partial charge < -0.3 is 14.5 Å². The monoisotopic (exact) mass is 315 g/mol. The van der Waals surface area contributed by atoms with Crippen molar-refractivity contribution in [3.8, 4) is 0 Å². The van der Waals surface area contributed by atoms with Crippen molar-refractivity contribution in [3.05, 3.63) is 62.7 Å². The largest absolute Gasteiger partial charge is 0.465 e. The fourth-order valence-electron chi connectivity index (χ4n) is 2.28. The molecule has 2 rings (SSSR count). The maximum atomic E-state index is 12.5. The van der Waals surface area contributed by atoms with E-state index in [0.717, 1.165) is 5.56 Å². The summed E-state index contributed by atoms with van der Waals surface area (Å²) in [6.07, 6.45) is 0. The molecule has 1 amide bonds. The predicted octanol–water partition coefficient (Wildman–Crippen LogP) is 2.60. The molecule has 6 heteroatoms. The van der Waals surface area contributed by atoms with Gasteiger partial charge in [-0.2, -0.15) is 0 Å². The zero-order chi connectivity index (χ0) is 17.1. The molecule has 0 aliphatic carbocycles. The van der Waals surface area contributed by atoms with E-state index in [9.17, 15) is 14.4 Å². The molecule has 1 aromatic carbocycles. The highest BCUT2D eigenvalue weighted by Crippen LogP contribution is 2.20. The maximum Gasteiger partial charge on any atom is 0.337 e. The summed E-state index contributed by atoms with van der Waals surface area (Å²) in [7, 11) is 1.29. The van der Waals surface area contributed by atoms with Gasteiger partial charge in [-0.3, -0.25) is 4.79 Å². The molecule has 0 fully saturated rings. The fourth-order valence-corrected chi connectivity index (χ4v) is 2.28. The number of anilines is 1. The van der Waals surface area contributed by atoms with Crippen molar-refractivity contribution >= 4 is 17.6 Å². The maximum absolute atomic E-state index is 12.5. The molecule has 0 aliphatic rings. The van der Waals surface area contributed by atoms with Crippen LogP contribution in [0.4, 0.5) is 5.69 Å². The molecule has 0 radical (unpaired) electrons. The van der Waals surface area contributed by atoms with Gasteiger partial charge >= 0.3 is 11.6 Å². The van der Waals surface area contributed by atoms with Crippen LogP contribution >= 0.6 is 0 Å². The van der Waals surface area contributed by atoms with Crippen molar-refractivity contribution in [1.82, 2.24) is 0 Å². The third-order valence-electron chi connectivity index (χ3n) is 3.47. The molecule has 1 N–H and O–H groups in total. The summed E-state index contributed by atoms with van der Waals surface area (Å²) < 4.78 is 9.64. The lowest BCUT2D eigenvalue weighted by Crippen LogP contribution is -2.18. The lowest BCUT2D eigenvalue weighted by atomic mass is 10.1. The van der Waals surface area contributed by atoms with Gasteiger partial charge in [0, 0.05) is 11.8 Å². The number of aryl methyl sites for hydroxylation is 3. The van der Waals surface area contributed by atoms with E-state index >= 15 is 0 Å². The standard InChI is InChI=1S/C17H17NO5/c1-9-5-6-12(17(21)22-4)8-13(9)18-16(20)15-10(2)7-14(19)23-11(15)3/h5-8H,1-4H3,(H,18,20). The van der Waals surface area contributed by atoms with Gasteiger partial charge in [-0.1, -0.05) is 6.07 Å². The number of hydrogen-bond acceptors (Lipinski definition) is 5. The number of hydrogen-bond donors (Lipinski definition) is 1. The Morgan fingerprint density at radius 3 is 2.39 bits per heavy atom. The lowest BCUT2D eigenvalue weighted by molar-refractivity contribution is 0.0600. The van der Waals surface area contributed by atoms with E-state index in [4.69, 9.17) is 4.42 Å². The molecule has 0 bridgehead atoms. The number of amides is 1. The molecule has 0 atom stereocenters. The van der Waals surface area contributed by atoms with Crippen molar-refractivity contribution < 1.29 is 18.7 Å². The van der Waals surface area contributed by atoms with Gasteiger partial charge in [-0.05, 0) is 44.0 Å². The Bertz CT molecular complexity index is 809. The highest BCUT2D eigenvalue weighted by Gasteiger charge is 2.17. The zero-order valence-corrected chi connectivity index (χ0v) is 13.4. The van der Waals surface area contributed by atoms with Crippen LogP contribution in [0.2, 0.25) is 0 Å². The Morgan fingerprint density at radius 2 is 1.78 bits per heavy atom. The number of carbonyl (C=O) groups excluding carboxylic acids is 2. The Hall–Kier alpha value is -2.89. The fraction of sp³-hybridized carbons (Fsp3) is 0.235. The van der Waals surface area contributed by atoms with Gasteiger partial charge in [0.2, 0.25) is 0 Å². The molecule has 1 heterocycles. The molecule has 0 aliphatic heterocycles. The van der Waals surface area contributed by atoms with Crippen LogP contribution in [0.1, 0.15) is 37.6 Å². The van der Waals surface area contributed by atoms with Gasteiger partial charge in [0.15, 0.2) is 0 Å². The van der Waals surface area contributed by atoms with E-state index in [1.807, 2.05) is 6.92 Å². The summed E-state index contributed by atoms with van der Waals surface area (Å²) in [4.78, 5) is 35.4. The molecule has 120 valence electrons. The van der Waals surface area contributed by atoms with Gasteiger partial charge in [0.05, 0.1) is 18.2 Å². The van der Waals surface area contributed by atoms with Crippen LogP contribution in [-0.4, -0.2) is 19.0 Å². The van der Waals surface area contributed by atoms with Gasteiger partial charge in [0.25, 0.3) is 5.91 Å². The molecule has 0 saturated carbocycles. The summed E-state index contributed by atoms with van der Waals surface area (Å²) in [5, 5.41) is 2.74. The first kappa shape index (κ1) is 16.5. The molecule has 0 saturated heterocycles. The van der Waals surface area contributed by atoms with Crippen LogP contribution < -0.4 is 10.9 Å². The molecule has 23 heavy (non-hydrogen) atoms. The molecule has 0 spiro atoms. The van der Waals surface area contributed by atoms with Crippen molar-refractivity contribution in [3.63, 3.8) is 0 Å². The number of ether oxygens (including phenoxy) is 1. The van der Waals surface area contributed by atoms with Crippen LogP contribution in [0, 0.1) is 20.8 Å². The third-order valence-corrected chi connectivity index (χ3v) is 3.47. The van der Waals surface area contributed by atoms with Gasteiger partial charge in [0.1, 0.15) is 5.76 Å². The van der Waals surface area contributed by atoms with E-state index in [1.54, 1.807) is 32.0 Å². The molecule has 1 aromatic heterocycles. The average molecular weight is 315 g/mol. The number of nitrogens with one attached hydrogen (secondary N) is 1. The number of carbonyl (C=O) groups is 2. The van der Waals surface area contributed by atoms with Crippen molar-refractivity contribution in [1.29, 1.82) is 0 Å². The van der Waals surface area contributed by atoms with E-state index in [0.29, 0.717) is 22.4 Å². The second-order valence-electron chi connectivity index (χ2n) is 5.16. The Balaban J connectivity index is 2.38. The SMILES string of the molecule is COC(=O)c1ccc(C)c(NC(=O)c2c(C)cc(=O)oc2C)c1. The first-order chi connectivity index (χ1) is 10.8. The first-order valence-corrected chi connectivity index (χ1v) is 6.95. The second kappa shape index (κ2) is 6.48. The third kappa shape index (κ3) is 3.48. The summed E-state index contributed by atoms with van der Waals surface area (Å²) >= 11 is 0. The van der Waals surface area contributed by atoms with Crippen molar-refractivity contribution in [2.75, 3.05) is 12.4 Å². The van der Waals surface area contributed by atoms with Crippen molar-refractivity contribution in [2.45, 2.75) is 20.8 Å².